The predicted molar refractivity (Wildman–Crippen MR) is 108 cm³/mol. The van der Waals surface area contributed by atoms with Gasteiger partial charge in [0.25, 0.3) is 0 Å². The van der Waals surface area contributed by atoms with E-state index in [9.17, 15) is 5.11 Å². The Hall–Kier alpha value is -2.38. The van der Waals surface area contributed by atoms with E-state index in [0.717, 1.165) is 30.2 Å². The van der Waals surface area contributed by atoms with E-state index in [-0.39, 0.29) is 25.0 Å². The first kappa shape index (κ1) is 19.4. The van der Waals surface area contributed by atoms with Gasteiger partial charge in [-0.3, -0.25) is 0 Å². The molecular weight excluding hydrogens is 342 g/mol. The number of aliphatic hydroxyl groups is 1. The van der Waals surface area contributed by atoms with Crippen LogP contribution < -0.4 is 15.5 Å². The van der Waals surface area contributed by atoms with Gasteiger partial charge in [-0.2, -0.15) is 0 Å². The van der Waals surface area contributed by atoms with Crippen LogP contribution in [0.2, 0.25) is 0 Å². The summed E-state index contributed by atoms with van der Waals surface area (Å²) in [6.07, 6.45) is 3.21. The summed E-state index contributed by atoms with van der Waals surface area (Å²) in [6, 6.07) is 10.4. The SMILES string of the molecule is CC.CC(Nc1ncnc2c1NCN2C1CCC(CO)O1)c1ccccc1. The summed E-state index contributed by atoms with van der Waals surface area (Å²) < 4.78 is 5.90. The molecule has 0 aliphatic carbocycles. The third kappa shape index (κ3) is 4.14. The average molecular weight is 371 g/mol. The summed E-state index contributed by atoms with van der Waals surface area (Å²) in [4.78, 5) is 11.0. The van der Waals surface area contributed by atoms with Crippen molar-refractivity contribution >= 4 is 17.3 Å². The number of aliphatic hydroxyl groups excluding tert-OH is 1. The molecule has 7 heteroatoms. The van der Waals surface area contributed by atoms with E-state index in [1.54, 1.807) is 6.33 Å². The smallest absolute Gasteiger partial charge is 0.161 e. The van der Waals surface area contributed by atoms with E-state index >= 15 is 0 Å². The van der Waals surface area contributed by atoms with Gasteiger partial charge in [-0.1, -0.05) is 44.2 Å². The highest BCUT2D eigenvalue weighted by atomic mass is 16.5. The highest BCUT2D eigenvalue weighted by molar-refractivity contribution is 5.81. The van der Waals surface area contributed by atoms with Crippen LogP contribution in [0.4, 0.5) is 17.3 Å². The lowest BCUT2D eigenvalue weighted by Gasteiger charge is -2.24. The van der Waals surface area contributed by atoms with Crippen molar-refractivity contribution < 1.29 is 9.84 Å². The maximum Gasteiger partial charge on any atom is 0.161 e. The Morgan fingerprint density at radius 2 is 2.04 bits per heavy atom. The Labute approximate surface area is 160 Å². The topological polar surface area (TPSA) is 82.5 Å². The van der Waals surface area contributed by atoms with Crippen LogP contribution in [-0.2, 0) is 4.74 Å². The van der Waals surface area contributed by atoms with Crippen LogP contribution >= 0.6 is 0 Å². The fraction of sp³-hybridized carbons (Fsp3) is 0.500. The molecule has 2 aliphatic heterocycles. The van der Waals surface area contributed by atoms with Gasteiger partial charge in [0.05, 0.1) is 25.4 Å². The van der Waals surface area contributed by atoms with Gasteiger partial charge < -0.3 is 25.4 Å². The molecule has 3 unspecified atom stereocenters. The lowest BCUT2D eigenvalue weighted by molar-refractivity contribution is 0.0115. The Kier molecular flexibility index (Phi) is 6.47. The van der Waals surface area contributed by atoms with Gasteiger partial charge >= 0.3 is 0 Å². The predicted octanol–water partition coefficient (Wildman–Crippen LogP) is 3.36. The van der Waals surface area contributed by atoms with Crippen LogP contribution in [0.25, 0.3) is 0 Å². The highest BCUT2D eigenvalue weighted by Gasteiger charge is 2.35. The summed E-state index contributed by atoms with van der Waals surface area (Å²) in [7, 11) is 0. The molecule has 1 aromatic heterocycles. The Balaban J connectivity index is 0.00000102. The lowest BCUT2D eigenvalue weighted by atomic mass is 10.1. The minimum atomic E-state index is -0.0772. The van der Waals surface area contributed by atoms with Gasteiger partial charge in [0.15, 0.2) is 11.6 Å². The number of hydrogen-bond donors (Lipinski definition) is 3. The third-order valence-corrected chi connectivity index (χ3v) is 4.81. The second-order valence-electron chi connectivity index (χ2n) is 6.47. The standard InChI is InChI=1S/C18H23N5O2.C2H6/c1-12(13-5-3-2-4-6-13)22-17-16-18(20-10-19-17)23(11-21-16)15-8-7-14(9-24)25-15;1-2/h2-6,10,12,14-15,21,24H,7-9,11H2,1H3,(H,19,20,22);1-2H3. The van der Waals surface area contributed by atoms with Gasteiger partial charge in [0, 0.05) is 0 Å². The summed E-state index contributed by atoms with van der Waals surface area (Å²) >= 11 is 0. The minimum absolute atomic E-state index is 0.0554. The van der Waals surface area contributed by atoms with E-state index in [1.165, 1.54) is 5.56 Å². The highest BCUT2D eigenvalue weighted by Crippen LogP contribution is 2.38. The van der Waals surface area contributed by atoms with E-state index in [4.69, 9.17) is 4.74 Å². The van der Waals surface area contributed by atoms with Crippen molar-refractivity contribution in [2.24, 2.45) is 0 Å². The largest absolute Gasteiger partial charge is 0.394 e. The number of benzene rings is 1. The van der Waals surface area contributed by atoms with Crippen LogP contribution in [0.3, 0.4) is 0 Å². The first-order chi connectivity index (χ1) is 13.3. The molecule has 0 bridgehead atoms. The van der Waals surface area contributed by atoms with Crippen molar-refractivity contribution in [3.8, 4) is 0 Å². The lowest BCUT2D eigenvalue weighted by Crippen LogP contribution is -2.35. The second kappa shape index (κ2) is 9.01. The monoisotopic (exact) mass is 371 g/mol. The van der Waals surface area contributed by atoms with Crippen LogP contribution in [0, 0.1) is 0 Å². The fourth-order valence-electron chi connectivity index (χ4n) is 3.42. The molecule has 0 radical (unpaired) electrons. The number of rotatable bonds is 5. The number of fused-ring (bicyclic) bond motifs is 1. The van der Waals surface area contributed by atoms with Crippen molar-refractivity contribution in [2.45, 2.75) is 52.0 Å². The second-order valence-corrected chi connectivity index (χ2v) is 6.47. The van der Waals surface area contributed by atoms with Gasteiger partial charge in [0.2, 0.25) is 0 Å². The summed E-state index contributed by atoms with van der Waals surface area (Å²) in [5.74, 6) is 1.64. The molecule has 3 N–H and O–H groups in total. The average Bonchev–Trinajstić information content (AvgIpc) is 3.37. The maximum absolute atomic E-state index is 9.28. The first-order valence-electron chi connectivity index (χ1n) is 9.69. The molecule has 1 saturated heterocycles. The van der Waals surface area contributed by atoms with Crippen molar-refractivity contribution in [3.63, 3.8) is 0 Å². The zero-order valence-corrected chi connectivity index (χ0v) is 16.2. The minimum Gasteiger partial charge on any atom is -0.394 e. The third-order valence-electron chi connectivity index (χ3n) is 4.81. The van der Waals surface area contributed by atoms with Crippen LogP contribution in [0.15, 0.2) is 36.7 Å². The van der Waals surface area contributed by atoms with Crippen LogP contribution in [0.5, 0.6) is 0 Å². The molecule has 0 amide bonds. The Morgan fingerprint density at radius 1 is 1.26 bits per heavy atom. The molecule has 4 rings (SSSR count). The zero-order chi connectivity index (χ0) is 19.2. The van der Waals surface area contributed by atoms with E-state index in [2.05, 4.69) is 44.6 Å². The quantitative estimate of drug-likeness (QED) is 0.743. The molecule has 2 aliphatic rings. The van der Waals surface area contributed by atoms with E-state index in [1.807, 2.05) is 32.0 Å². The summed E-state index contributed by atoms with van der Waals surface area (Å²) in [6.45, 7) is 6.81. The zero-order valence-electron chi connectivity index (χ0n) is 16.2. The Bertz CT molecular complexity index is 728. The fourth-order valence-corrected chi connectivity index (χ4v) is 3.42. The molecular formula is C20H29N5O2. The molecule has 0 saturated carbocycles. The molecule has 27 heavy (non-hydrogen) atoms. The summed E-state index contributed by atoms with van der Waals surface area (Å²) in [5.41, 5.74) is 2.11. The molecule has 3 heterocycles. The molecule has 1 fully saturated rings. The maximum atomic E-state index is 9.28. The van der Waals surface area contributed by atoms with Crippen molar-refractivity contribution in [2.75, 3.05) is 28.8 Å². The number of nitrogens with zero attached hydrogens (tertiary/aromatic N) is 3. The van der Waals surface area contributed by atoms with Crippen molar-refractivity contribution in [1.29, 1.82) is 0 Å². The molecule has 2 aromatic rings. The van der Waals surface area contributed by atoms with Crippen molar-refractivity contribution in [3.05, 3.63) is 42.2 Å². The van der Waals surface area contributed by atoms with E-state index in [0.29, 0.717) is 6.67 Å². The molecule has 3 atom stereocenters. The van der Waals surface area contributed by atoms with E-state index < -0.39 is 0 Å². The normalized spacial score (nSPS) is 21.7. The van der Waals surface area contributed by atoms with Gasteiger partial charge in [-0.25, -0.2) is 9.97 Å². The molecule has 1 aromatic carbocycles. The van der Waals surface area contributed by atoms with Gasteiger partial charge in [-0.05, 0) is 25.3 Å². The number of ether oxygens (including phenoxy) is 1. The van der Waals surface area contributed by atoms with Crippen LogP contribution in [-0.4, -0.2) is 40.7 Å². The van der Waals surface area contributed by atoms with Crippen LogP contribution in [0.1, 0.15) is 45.2 Å². The number of anilines is 3. The first-order valence-corrected chi connectivity index (χ1v) is 9.69. The van der Waals surface area contributed by atoms with Gasteiger partial charge in [-0.15, -0.1) is 0 Å². The van der Waals surface area contributed by atoms with Crippen molar-refractivity contribution in [1.82, 2.24) is 9.97 Å². The summed E-state index contributed by atoms with van der Waals surface area (Å²) in [5, 5.41) is 16.1. The Morgan fingerprint density at radius 3 is 2.74 bits per heavy atom. The molecule has 7 nitrogen and oxygen atoms in total. The molecule has 0 spiro atoms. The number of hydrogen-bond acceptors (Lipinski definition) is 7. The number of aromatic nitrogens is 2. The molecule has 146 valence electrons. The van der Waals surface area contributed by atoms with Gasteiger partial charge in [0.1, 0.15) is 18.2 Å². The number of nitrogens with one attached hydrogen (secondary N) is 2.